The van der Waals surface area contributed by atoms with Gasteiger partial charge in [-0.2, -0.15) is 5.10 Å². The highest BCUT2D eigenvalue weighted by atomic mass is 16.1. The first-order valence-electron chi connectivity index (χ1n) is 10.0. The highest BCUT2D eigenvalue weighted by Gasteiger charge is 2.10. The Kier molecular flexibility index (Phi) is 5.99. The molecule has 150 valence electrons. The lowest BCUT2D eigenvalue weighted by atomic mass is 9.99. The van der Waals surface area contributed by atoms with E-state index in [2.05, 4.69) is 22.5 Å². The summed E-state index contributed by atoms with van der Waals surface area (Å²) >= 11 is 0. The molecular weight excluding hydrogens is 374 g/mol. The molecule has 3 aromatic carbocycles. The Morgan fingerprint density at radius 3 is 2.63 bits per heavy atom. The highest BCUT2D eigenvalue weighted by Crippen LogP contribution is 2.17. The third kappa shape index (κ3) is 4.63. The number of rotatable bonds is 8. The van der Waals surface area contributed by atoms with Crippen LogP contribution in [-0.4, -0.2) is 22.0 Å². The maximum absolute atomic E-state index is 12.7. The number of fused-ring (bicyclic) bond motifs is 1. The number of hydrogen-bond acceptors (Lipinski definition) is 3. The predicted molar refractivity (Wildman–Crippen MR) is 117 cm³/mol. The Bertz CT molecular complexity index is 1170. The van der Waals surface area contributed by atoms with Gasteiger partial charge in [-0.3, -0.25) is 9.48 Å². The predicted octanol–water partition coefficient (Wildman–Crippen LogP) is 4.15. The lowest BCUT2D eigenvalue weighted by Gasteiger charge is -2.13. The molecule has 0 aliphatic rings. The van der Waals surface area contributed by atoms with Crippen LogP contribution in [0.3, 0.4) is 0 Å². The Balaban J connectivity index is 1.51. The SMILES string of the molecule is O=CCCc1ccc(Cn2cccn2)cc1CNC(=O)c1ccc2ccccc2c1. The molecule has 1 amide bonds. The van der Waals surface area contributed by atoms with Crippen LogP contribution in [0.2, 0.25) is 0 Å². The molecule has 0 bridgehead atoms. The molecule has 1 heterocycles. The van der Waals surface area contributed by atoms with Crippen LogP contribution in [0.5, 0.6) is 0 Å². The summed E-state index contributed by atoms with van der Waals surface area (Å²) in [7, 11) is 0. The van der Waals surface area contributed by atoms with Gasteiger partial charge in [-0.05, 0) is 52.1 Å². The van der Waals surface area contributed by atoms with E-state index in [0.29, 0.717) is 31.5 Å². The van der Waals surface area contributed by atoms with Gasteiger partial charge in [-0.15, -0.1) is 0 Å². The topological polar surface area (TPSA) is 64.0 Å². The largest absolute Gasteiger partial charge is 0.348 e. The molecule has 0 saturated carbocycles. The van der Waals surface area contributed by atoms with E-state index in [9.17, 15) is 9.59 Å². The van der Waals surface area contributed by atoms with E-state index in [0.717, 1.165) is 33.7 Å². The van der Waals surface area contributed by atoms with Crippen LogP contribution < -0.4 is 5.32 Å². The van der Waals surface area contributed by atoms with Crippen LogP contribution in [0.1, 0.15) is 33.5 Å². The fourth-order valence-corrected chi connectivity index (χ4v) is 3.59. The molecule has 4 rings (SSSR count). The third-order valence-corrected chi connectivity index (χ3v) is 5.16. The van der Waals surface area contributed by atoms with Crippen LogP contribution in [0.25, 0.3) is 10.8 Å². The summed E-state index contributed by atoms with van der Waals surface area (Å²) < 4.78 is 1.86. The fraction of sp³-hybridized carbons (Fsp3) is 0.160. The lowest BCUT2D eigenvalue weighted by molar-refractivity contribution is -0.107. The number of nitrogens with one attached hydrogen (secondary N) is 1. The second-order valence-corrected chi connectivity index (χ2v) is 7.26. The summed E-state index contributed by atoms with van der Waals surface area (Å²) in [6.45, 7) is 1.07. The molecule has 1 aromatic heterocycles. The monoisotopic (exact) mass is 397 g/mol. The number of amides is 1. The normalized spacial score (nSPS) is 10.8. The smallest absolute Gasteiger partial charge is 0.251 e. The third-order valence-electron chi connectivity index (χ3n) is 5.16. The van der Waals surface area contributed by atoms with Crippen LogP contribution >= 0.6 is 0 Å². The van der Waals surface area contributed by atoms with Gasteiger partial charge in [0.1, 0.15) is 6.29 Å². The zero-order valence-corrected chi connectivity index (χ0v) is 16.6. The van der Waals surface area contributed by atoms with Gasteiger partial charge in [-0.25, -0.2) is 0 Å². The minimum absolute atomic E-state index is 0.112. The first-order chi connectivity index (χ1) is 14.7. The first kappa shape index (κ1) is 19.6. The van der Waals surface area contributed by atoms with E-state index >= 15 is 0 Å². The van der Waals surface area contributed by atoms with Crippen molar-refractivity contribution >= 4 is 23.0 Å². The summed E-state index contributed by atoms with van der Waals surface area (Å²) in [5.74, 6) is -0.112. The molecule has 0 unspecified atom stereocenters. The summed E-state index contributed by atoms with van der Waals surface area (Å²) in [4.78, 5) is 23.6. The van der Waals surface area contributed by atoms with E-state index in [1.165, 1.54) is 0 Å². The molecule has 1 N–H and O–H groups in total. The van der Waals surface area contributed by atoms with Gasteiger partial charge >= 0.3 is 0 Å². The molecule has 0 aliphatic carbocycles. The summed E-state index contributed by atoms with van der Waals surface area (Å²) in [6, 6.07) is 21.8. The highest BCUT2D eigenvalue weighted by molar-refractivity contribution is 5.98. The Labute approximate surface area is 175 Å². The van der Waals surface area contributed by atoms with E-state index in [4.69, 9.17) is 0 Å². The van der Waals surface area contributed by atoms with Crippen LogP contribution in [0.15, 0.2) is 79.1 Å². The van der Waals surface area contributed by atoms with Crippen LogP contribution in [0, 0.1) is 0 Å². The van der Waals surface area contributed by atoms with Crippen molar-refractivity contribution in [2.24, 2.45) is 0 Å². The average molecular weight is 397 g/mol. The van der Waals surface area contributed by atoms with Gasteiger partial charge in [0.05, 0.1) is 6.54 Å². The van der Waals surface area contributed by atoms with Crippen molar-refractivity contribution in [1.29, 1.82) is 0 Å². The Morgan fingerprint density at radius 1 is 0.967 bits per heavy atom. The molecule has 0 atom stereocenters. The van der Waals surface area contributed by atoms with E-state index in [1.807, 2.05) is 65.5 Å². The van der Waals surface area contributed by atoms with E-state index < -0.39 is 0 Å². The molecule has 0 radical (unpaired) electrons. The average Bonchev–Trinajstić information content (AvgIpc) is 3.29. The van der Waals surface area contributed by atoms with Gasteiger partial charge in [0.15, 0.2) is 0 Å². The van der Waals surface area contributed by atoms with Crippen molar-refractivity contribution in [3.8, 4) is 0 Å². The first-order valence-corrected chi connectivity index (χ1v) is 10.0. The molecule has 5 heteroatoms. The van der Waals surface area contributed by atoms with Crippen molar-refractivity contribution in [2.45, 2.75) is 25.9 Å². The minimum atomic E-state index is -0.112. The molecule has 0 aliphatic heterocycles. The second-order valence-electron chi connectivity index (χ2n) is 7.26. The van der Waals surface area contributed by atoms with Gasteiger partial charge in [0.2, 0.25) is 0 Å². The fourth-order valence-electron chi connectivity index (χ4n) is 3.59. The number of aldehydes is 1. The minimum Gasteiger partial charge on any atom is -0.348 e. The molecule has 0 fully saturated rings. The molecular formula is C25H23N3O2. The maximum Gasteiger partial charge on any atom is 0.251 e. The number of hydrogen-bond donors (Lipinski definition) is 1. The van der Waals surface area contributed by atoms with Gasteiger partial charge in [0.25, 0.3) is 5.91 Å². The summed E-state index contributed by atoms with van der Waals surface area (Å²) in [5.41, 5.74) is 3.83. The van der Waals surface area contributed by atoms with Crippen molar-refractivity contribution < 1.29 is 9.59 Å². The summed E-state index contributed by atoms with van der Waals surface area (Å²) in [5, 5.41) is 9.43. The van der Waals surface area contributed by atoms with Crippen molar-refractivity contribution in [3.63, 3.8) is 0 Å². The van der Waals surface area contributed by atoms with E-state index in [-0.39, 0.29) is 5.91 Å². The quantitative estimate of drug-likeness (QED) is 0.455. The van der Waals surface area contributed by atoms with Gasteiger partial charge in [-0.1, -0.05) is 48.5 Å². The van der Waals surface area contributed by atoms with Crippen LogP contribution in [0.4, 0.5) is 0 Å². The van der Waals surface area contributed by atoms with Gasteiger partial charge in [0, 0.05) is 30.9 Å². The van der Waals surface area contributed by atoms with E-state index in [1.54, 1.807) is 6.20 Å². The number of aryl methyl sites for hydroxylation is 1. The van der Waals surface area contributed by atoms with Crippen molar-refractivity contribution in [2.75, 3.05) is 0 Å². The molecule has 5 nitrogen and oxygen atoms in total. The number of benzene rings is 3. The maximum atomic E-state index is 12.7. The Hall–Kier alpha value is -3.73. The van der Waals surface area contributed by atoms with Crippen molar-refractivity contribution in [3.05, 3.63) is 101 Å². The molecule has 0 saturated heterocycles. The molecule has 30 heavy (non-hydrogen) atoms. The molecule has 0 spiro atoms. The summed E-state index contributed by atoms with van der Waals surface area (Å²) in [6.07, 6.45) is 5.72. The Morgan fingerprint density at radius 2 is 1.83 bits per heavy atom. The molecule has 4 aromatic rings. The van der Waals surface area contributed by atoms with Gasteiger partial charge < -0.3 is 10.1 Å². The zero-order valence-electron chi connectivity index (χ0n) is 16.6. The number of carbonyl (C=O) groups excluding carboxylic acids is 2. The zero-order chi connectivity index (χ0) is 20.8. The van der Waals surface area contributed by atoms with Crippen molar-refractivity contribution in [1.82, 2.24) is 15.1 Å². The number of carbonyl (C=O) groups is 2. The second kappa shape index (κ2) is 9.18. The standard InChI is InChI=1S/C25H23N3O2/c29-14-3-7-21-9-8-19(18-28-13-4-12-27-28)15-24(21)17-26-25(30)23-11-10-20-5-1-2-6-22(20)16-23/h1-2,4-6,8-16H,3,7,17-18H2,(H,26,30). The van der Waals surface area contributed by atoms with Crippen LogP contribution in [-0.2, 0) is 24.3 Å². The lowest BCUT2D eigenvalue weighted by Crippen LogP contribution is -2.23. The number of nitrogens with zero attached hydrogens (tertiary/aromatic N) is 2. The number of aromatic nitrogens is 2.